The molecule has 0 amide bonds. The second-order valence-corrected chi connectivity index (χ2v) is 4.96. The van der Waals surface area contributed by atoms with Crippen LogP contribution in [0.3, 0.4) is 0 Å². The van der Waals surface area contributed by atoms with Crippen LogP contribution < -0.4 is 10.2 Å². The second-order valence-electron chi connectivity index (χ2n) is 4.96. The van der Waals surface area contributed by atoms with E-state index in [2.05, 4.69) is 10.2 Å². The van der Waals surface area contributed by atoms with Gasteiger partial charge in [0.1, 0.15) is 5.82 Å². The summed E-state index contributed by atoms with van der Waals surface area (Å²) in [6.45, 7) is 4.08. The average molecular weight is 266 g/mol. The predicted octanol–water partition coefficient (Wildman–Crippen LogP) is 2.55. The molecule has 1 heterocycles. The Morgan fingerprint density at radius 2 is 2.05 bits per heavy atom. The molecule has 0 radical (unpaired) electrons. The number of hydrogen-bond donors (Lipinski definition) is 1. The van der Waals surface area contributed by atoms with E-state index in [0.717, 1.165) is 43.7 Å². The Morgan fingerprint density at radius 1 is 1.26 bits per heavy atom. The molecular weight excluding hydrogens is 243 g/mol. The highest BCUT2D eigenvalue weighted by atomic mass is 19.1. The molecule has 19 heavy (non-hydrogen) atoms. The Labute approximate surface area is 114 Å². The highest BCUT2D eigenvalue weighted by Crippen LogP contribution is 2.27. The molecule has 1 aromatic rings. The number of nitrogens with one attached hydrogen (secondary N) is 1. The number of anilines is 1. The minimum atomic E-state index is -0.104. The summed E-state index contributed by atoms with van der Waals surface area (Å²) in [6.07, 6.45) is 3.57. The van der Waals surface area contributed by atoms with Gasteiger partial charge in [-0.05, 0) is 30.9 Å². The highest BCUT2D eigenvalue weighted by molar-refractivity contribution is 5.55. The van der Waals surface area contributed by atoms with Crippen molar-refractivity contribution >= 4 is 5.69 Å². The van der Waals surface area contributed by atoms with Crippen molar-refractivity contribution in [2.45, 2.75) is 25.8 Å². The molecule has 1 N–H and O–H groups in total. The molecule has 1 aliphatic rings. The van der Waals surface area contributed by atoms with Crippen molar-refractivity contribution in [3.8, 4) is 0 Å². The minimum Gasteiger partial charge on any atom is -0.383 e. The first-order chi connectivity index (χ1) is 9.33. The van der Waals surface area contributed by atoms with Gasteiger partial charge in [-0.25, -0.2) is 4.39 Å². The SMILES string of the molecule is COCCNCc1cccc(F)c1N1CCCCC1. The van der Waals surface area contributed by atoms with Gasteiger partial charge in [-0.15, -0.1) is 0 Å². The number of benzene rings is 1. The Morgan fingerprint density at radius 3 is 2.79 bits per heavy atom. The fraction of sp³-hybridized carbons (Fsp3) is 0.600. The summed E-state index contributed by atoms with van der Waals surface area (Å²) < 4.78 is 19.1. The fourth-order valence-electron chi connectivity index (χ4n) is 2.57. The number of rotatable bonds is 6. The maximum Gasteiger partial charge on any atom is 0.146 e. The van der Waals surface area contributed by atoms with Gasteiger partial charge in [0.25, 0.3) is 0 Å². The van der Waals surface area contributed by atoms with Crippen molar-refractivity contribution in [2.75, 3.05) is 38.3 Å². The number of ether oxygens (including phenoxy) is 1. The molecule has 0 aromatic heterocycles. The van der Waals surface area contributed by atoms with Crippen LogP contribution in [0, 0.1) is 5.82 Å². The number of nitrogens with zero attached hydrogens (tertiary/aromatic N) is 1. The van der Waals surface area contributed by atoms with Crippen molar-refractivity contribution in [3.05, 3.63) is 29.6 Å². The lowest BCUT2D eigenvalue weighted by Gasteiger charge is -2.31. The number of piperidine rings is 1. The first kappa shape index (κ1) is 14.3. The monoisotopic (exact) mass is 266 g/mol. The zero-order valence-corrected chi connectivity index (χ0v) is 11.6. The van der Waals surface area contributed by atoms with Crippen LogP contribution in [0.4, 0.5) is 10.1 Å². The number of halogens is 1. The van der Waals surface area contributed by atoms with Crippen molar-refractivity contribution in [3.63, 3.8) is 0 Å². The largest absolute Gasteiger partial charge is 0.383 e. The molecule has 0 bridgehead atoms. The van der Waals surface area contributed by atoms with Gasteiger partial charge in [-0.1, -0.05) is 12.1 Å². The molecule has 0 saturated carbocycles. The van der Waals surface area contributed by atoms with Crippen molar-refractivity contribution in [1.82, 2.24) is 5.32 Å². The van der Waals surface area contributed by atoms with Crippen LogP contribution in [0.15, 0.2) is 18.2 Å². The van der Waals surface area contributed by atoms with E-state index in [4.69, 9.17) is 4.74 Å². The average Bonchev–Trinajstić information content (AvgIpc) is 2.45. The van der Waals surface area contributed by atoms with Gasteiger partial charge in [0.2, 0.25) is 0 Å². The normalized spacial score (nSPS) is 15.8. The van der Waals surface area contributed by atoms with E-state index < -0.39 is 0 Å². The number of para-hydroxylation sites is 1. The van der Waals surface area contributed by atoms with E-state index >= 15 is 0 Å². The molecule has 1 aromatic carbocycles. The van der Waals surface area contributed by atoms with Gasteiger partial charge in [0.05, 0.1) is 12.3 Å². The first-order valence-corrected chi connectivity index (χ1v) is 7.05. The highest BCUT2D eigenvalue weighted by Gasteiger charge is 2.17. The summed E-state index contributed by atoms with van der Waals surface area (Å²) in [5.41, 5.74) is 1.82. The van der Waals surface area contributed by atoms with Crippen LogP contribution in [0.1, 0.15) is 24.8 Å². The molecule has 0 atom stereocenters. The van der Waals surface area contributed by atoms with Gasteiger partial charge < -0.3 is 15.0 Å². The summed E-state index contributed by atoms with van der Waals surface area (Å²) in [5.74, 6) is -0.104. The van der Waals surface area contributed by atoms with Crippen LogP contribution in [0.25, 0.3) is 0 Å². The standard InChI is InChI=1S/C15H23FN2O/c1-19-11-8-17-12-13-6-5-7-14(16)15(13)18-9-3-2-4-10-18/h5-7,17H,2-4,8-12H2,1H3. The molecular formula is C15H23FN2O. The zero-order chi connectivity index (χ0) is 13.5. The molecule has 4 heteroatoms. The van der Waals surface area contributed by atoms with E-state index in [1.165, 1.54) is 6.42 Å². The number of hydrogen-bond acceptors (Lipinski definition) is 3. The van der Waals surface area contributed by atoms with Gasteiger partial charge >= 0.3 is 0 Å². The van der Waals surface area contributed by atoms with Gasteiger partial charge in [0, 0.05) is 33.3 Å². The van der Waals surface area contributed by atoms with Gasteiger partial charge in [-0.2, -0.15) is 0 Å². The molecule has 0 spiro atoms. The molecule has 3 nitrogen and oxygen atoms in total. The van der Waals surface area contributed by atoms with Crippen LogP contribution in [-0.2, 0) is 11.3 Å². The third-order valence-electron chi connectivity index (χ3n) is 3.54. The molecule has 1 saturated heterocycles. The summed E-state index contributed by atoms with van der Waals surface area (Å²) >= 11 is 0. The first-order valence-electron chi connectivity index (χ1n) is 7.05. The number of methoxy groups -OCH3 is 1. The van der Waals surface area contributed by atoms with E-state index in [9.17, 15) is 4.39 Å². The summed E-state index contributed by atoms with van der Waals surface area (Å²) in [5, 5.41) is 3.29. The Kier molecular flexibility index (Phi) is 5.61. The molecule has 2 rings (SSSR count). The lowest BCUT2D eigenvalue weighted by molar-refractivity contribution is 0.199. The summed E-state index contributed by atoms with van der Waals surface area (Å²) in [7, 11) is 1.68. The van der Waals surface area contributed by atoms with Crippen molar-refractivity contribution in [2.24, 2.45) is 0 Å². The van der Waals surface area contributed by atoms with Gasteiger partial charge in [-0.3, -0.25) is 0 Å². The van der Waals surface area contributed by atoms with Crippen LogP contribution >= 0.6 is 0 Å². The summed E-state index contributed by atoms with van der Waals surface area (Å²) in [4.78, 5) is 2.19. The minimum absolute atomic E-state index is 0.104. The van der Waals surface area contributed by atoms with Crippen molar-refractivity contribution in [1.29, 1.82) is 0 Å². The van der Waals surface area contributed by atoms with E-state index in [1.54, 1.807) is 19.2 Å². The second kappa shape index (κ2) is 7.46. The quantitative estimate of drug-likeness (QED) is 0.801. The topological polar surface area (TPSA) is 24.5 Å². The fourth-order valence-corrected chi connectivity index (χ4v) is 2.57. The smallest absolute Gasteiger partial charge is 0.146 e. The zero-order valence-electron chi connectivity index (χ0n) is 11.6. The Hall–Kier alpha value is -1.13. The Balaban J connectivity index is 2.06. The lowest BCUT2D eigenvalue weighted by atomic mass is 10.1. The maximum absolute atomic E-state index is 14.1. The summed E-state index contributed by atoms with van der Waals surface area (Å²) in [6, 6.07) is 5.35. The van der Waals surface area contributed by atoms with E-state index in [-0.39, 0.29) is 5.82 Å². The van der Waals surface area contributed by atoms with Gasteiger partial charge in [0.15, 0.2) is 0 Å². The van der Waals surface area contributed by atoms with Crippen molar-refractivity contribution < 1.29 is 9.13 Å². The molecule has 106 valence electrons. The van der Waals surface area contributed by atoms with Crippen LogP contribution in [0.2, 0.25) is 0 Å². The maximum atomic E-state index is 14.1. The Bertz CT molecular complexity index is 392. The molecule has 0 aliphatic carbocycles. The van der Waals surface area contributed by atoms with Crippen LogP contribution in [-0.4, -0.2) is 33.4 Å². The molecule has 1 aliphatic heterocycles. The predicted molar refractivity (Wildman–Crippen MR) is 76.0 cm³/mol. The third kappa shape index (κ3) is 3.91. The molecule has 0 unspecified atom stereocenters. The third-order valence-corrected chi connectivity index (χ3v) is 3.54. The van der Waals surface area contributed by atoms with E-state index in [1.807, 2.05) is 6.07 Å². The molecule has 1 fully saturated rings. The van der Waals surface area contributed by atoms with Crippen LogP contribution in [0.5, 0.6) is 0 Å². The van der Waals surface area contributed by atoms with E-state index in [0.29, 0.717) is 13.2 Å². The lowest BCUT2D eigenvalue weighted by Crippen LogP contribution is -2.32.